The third-order valence-electron chi connectivity index (χ3n) is 5.74. The van der Waals surface area contributed by atoms with Gasteiger partial charge in [-0.2, -0.15) is 0 Å². The van der Waals surface area contributed by atoms with Crippen LogP contribution in [0.5, 0.6) is 0 Å². The molecule has 0 aliphatic carbocycles. The van der Waals surface area contributed by atoms with E-state index in [2.05, 4.69) is 22.3 Å². The summed E-state index contributed by atoms with van der Waals surface area (Å²) < 4.78 is 28.8. The number of fused-ring (bicyclic) bond motifs is 1. The Bertz CT molecular complexity index is 1040. The SMILES string of the molecule is O=C(c1c(F)cccc1F)N1CCN(Cc2ccccc2)CCCNc2ccccc2C1. The smallest absolute Gasteiger partial charge is 0.260 e. The number of nitrogens with zero attached hydrogens (tertiary/aromatic N) is 2. The molecule has 3 aromatic rings. The van der Waals surface area contributed by atoms with Gasteiger partial charge in [0.2, 0.25) is 0 Å². The van der Waals surface area contributed by atoms with E-state index in [9.17, 15) is 13.6 Å². The number of para-hydroxylation sites is 1. The highest BCUT2D eigenvalue weighted by Gasteiger charge is 2.25. The van der Waals surface area contributed by atoms with Gasteiger partial charge in [-0.1, -0.05) is 54.6 Å². The molecule has 1 amide bonds. The van der Waals surface area contributed by atoms with Crippen molar-refractivity contribution in [3.05, 3.63) is 101 Å². The van der Waals surface area contributed by atoms with Gasteiger partial charge in [0.15, 0.2) is 0 Å². The normalized spacial score (nSPS) is 15.4. The first-order valence-electron chi connectivity index (χ1n) is 10.9. The third-order valence-corrected chi connectivity index (χ3v) is 5.74. The van der Waals surface area contributed by atoms with E-state index in [1.165, 1.54) is 11.6 Å². The summed E-state index contributed by atoms with van der Waals surface area (Å²) in [6.45, 7) is 3.66. The van der Waals surface area contributed by atoms with Crippen LogP contribution in [-0.4, -0.2) is 41.9 Å². The monoisotopic (exact) mass is 435 g/mol. The quantitative estimate of drug-likeness (QED) is 0.634. The predicted octanol–water partition coefficient (Wildman–Crippen LogP) is 4.93. The number of carbonyl (C=O) groups is 1. The Kier molecular flexibility index (Phi) is 7.12. The standard InChI is InChI=1S/C26H27F2N3O/c27-22-11-6-12-23(28)25(22)26(32)31-17-16-30(18-20-8-2-1-3-9-20)15-7-14-29-24-13-5-4-10-21(24)19-31/h1-6,8-13,29H,7,14-19H2. The second kappa shape index (κ2) is 10.4. The fourth-order valence-corrected chi connectivity index (χ4v) is 4.05. The minimum Gasteiger partial charge on any atom is -0.385 e. The maximum Gasteiger partial charge on any atom is 0.260 e. The molecule has 0 saturated carbocycles. The molecule has 1 heterocycles. The van der Waals surface area contributed by atoms with E-state index in [4.69, 9.17) is 0 Å². The van der Waals surface area contributed by atoms with E-state index >= 15 is 0 Å². The van der Waals surface area contributed by atoms with Gasteiger partial charge in [0.05, 0.1) is 0 Å². The molecule has 0 fully saturated rings. The third kappa shape index (κ3) is 5.32. The van der Waals surface area contributed by atoms with Crippen LogP contribution in [0.4, 0.5) is 14.5 Å². The Morgan fingerprint density at radius 1 is 0.844 bits per heavy atom. The Balaban J connectivity index is 1.62. The summed E-state index contributed by atoms with van der Waals surface area (Å²) in [6, 6.07) is 21.5. The van der Waals surface area contributed by atoms with E-state index in [1.807, 2.05) is 42.5 Å². The number of halogens is 2. The largest absolute Gasteiger partial charge is 0.385 e. The van der Waals surface area contributed by atoms with Crippen molar-refractivity contribution in [3.63, 3.8) is 0 Å². The molecule has 1 N–H and O–H groups in total. The molecule has 1 aliphatic rings. The maximum atomic E-state index is 14.4. The lowest BCUT2D eigenvalue weighted by Crippen LogP contribution is -2.39. The molecule has 0 saturated heterocycles. The fraction of sp³-hybridized carbons (Fsp3) is 0.269. The summed E-state index contributed by atoms with van der Waals surface area (Å²) in [5.41, 5.74) is 2.56. The molecular weight excluding hydrogens is 408 g/mol. The number of hydrogen-bond acceptors (Lipinski definition) is 3. The van der Waals surface area contributed by atoms with Crippen LogP contribution in [0.2, 0.25) is 0 Å². The van der Waals surface area contributed by atoms with Crippen LogP contribution < -0.4 is 5.32 Å². The molecule has 0 atom stereocenters. The van der Waals surface area contributed by atoms with Crippen molar-refractivity contribution in [2.24, 2.45) is 0 Å². The number of carbonyl (C=O) groups excluding carboxylic acids is 1. The van der Waals surface area contributed by atoms with Gasteiger partial charge in [0.1, 0.15) is 17.2 Å². The maximum absolute atomic E-state index is 14.4. The average molecular weight is 436 g/mol. The molecule has 0 spiro atoms. The minimum absolute atomic E-state index is 0.273. The lowest BCUT2D eigenvalue weighted by Gasteiger charge is -2.28. The van der Waals surface area contributed by atoms with Gasteiger partial charge in [-0.05, 0) is 35.7 Å². The van der Waals surface area contributed by atoms with Crippen molar-refractivity contribution in [3.8, 4) is 0 Å². The summed E-state index contributed by atoms with van der Waals surface area (Å²) in [6.07, 6.45) is 0.942. The van der Waals surface area contributed by atoms with Gasteiger partial charge in [-0.15, -0.1) is 0 Å². The summed E-state index contributed by atoms with van der Waals surface area (Å²) in [4.78, 5) is 17.1. The number of hydrogen-bond donors (Lipinski definition) is 1. The molecule has 0 bridgehead atoms. The topological polar surface area (TPSA) is 35.6 Å². The minimum atomic E-state index is -0.836. The summed E-state index contributed by atoms with van der Waals surface area (Å²) in [5.74, 6) is -2.30. The van der Waals surface area contributed by atoms with Gasteiger partial charge < -0.3 is 10.2 Å². The van der Waals surface area contributed by atoms with Gasteiger partial charge in [0.25, 0.3) is 5.91 Å². The second-order valence-electron chi connectivity index (χ2n) is 8.02. The zero-order valence-electron chi connectivity index (χ0n) is 17.9. The summed E-state index contributed by atoms with van der Waals surface area (Å²) in [7, 11) is 0. The van der Waals surface area contributed by atoms with E-state index in [0.29, 0.717) is 13.1 Å². The van der Waals surface area contributed by atoms with E-state index in [-0.39, 0.29) is 6.54 Å². The Morgan fingerprint density at radius 2 is 1.56 bits per heavy atom. The van der Waals surface area contributed by atoms with Crippen molar-refractivity contribution in [1.82, 2.24) is 9.80 Å². The first-order chi connectivity index (χ1) is 15.6. The van der Waals surface area contributed by atoms with Crippen molar-refractivity contribution in [2.75, 3.05) is 31.5 Å². The van der Waals surface area contributed by atoms with Crippen LogP contribution in [0, 0.1) is 11.6 Å². The molecule has 0 radical (unpaired) electrons. The highest BCUT2D eigenvalue weighted by atomic mass is 19.1. The van der Waals surface area contributed by atoms with Crippen molar-refractivity contribution < 1.29 is 13.6 Å². The van der Waals surface area contributed by atoms with Crippen LogP contribution in [0.25, 0.3) is 0 Å². The molecule has 4 rings (SSSR count). The molecule has 6 heteroatoms. The Morgan fingerprint density at radius 3 is 2.34 bits per heavy atom. The molecule has 1 aliphatic heterocycles. The Hall–Kier alpha value is -3.25. The van der Waals surface area contributed by atoms with Crippen molar-refractivity contribution in [1.29, 1.82) is 0 Å². The average Bonchev–Trinajstić information content (AvgIpc) is 2.83. The van der Waals surface area contributed by atoms with Crippen molar-refractivity contribution >= 4 is 11.6 Å². The van der Waals surface area contributed by atoms with Gasteiger partial charge >= 0.3 is 0 Å². The fourth-order valence-electron chi connectivity index (χ4n) is 4.05. The van der Waals surface area contributed by atoms with E-state index in [0.717, 1.165) is 49.4 Å². The van der Waals surface area contributed by atoms with Gasteiger partial charge in [0, 0.05) is 45.0 Å². The highest BCUT2D eigenvalue weighted by molar-refractivity contribution is 5.94. The predicted molar refractivity (Wildman–Crippen MR) is 122 cm³/mol. The van der Waals surface area contributed by atoms with E-state index in [1.54, 1.807) is 4.90 Å². The zero-order valence-corrected chi connectivity index (χ0v) is 17.9. The number of rotatable bonds is 3. The van der Waals surface area contributed by atoms with Crippen LogP contribution >= 0.6 is 0 Å². The second-order valence-corrected chi connectivity index (χ2v) is 8.02. The molecule has 0 aromatic heterocycles. The molecule has 4 nitrogen and oxygen atoms in total. The first kappa shape index (κ1) is 22.0. The van der Waals surface area contributed by atoms with Crippen molar-refractivity contribution in [2.45, 2.75) is 19.5 Å². The zero-order chi connectivity index (χ0) is 22.3. The number of nitrogens with one attached hydrogen (secondary N) is 1. The summed E-state index contributed by atoms with van der Waals surface area (Å²) >= 11 is 0. The lowest BCUT2D eigenvalue weighted by atomic mass is 10.1. The van der Waals surface area contributed by atoms with Crippen LogP contribution in [0.1, 0.15) is 27.9 Å². The first-order valence-corrected chi connectivity index (χ1v) is 10.9. The molecule has 166 valence electrons. The molecular formula is C26H27F2N3O. The number of benzene rings is 3. The van der Waals surface area contributed by atoms with Crippen LogP contribution in [0.3, 0.4) is 0 Å². The molecule has 3 aromatic carbocycles. The van der Waals surface area contributed by atoms with Crippen LogP contribution in [-0.2, 0) is 13.1 Å². The summed E-state index contributed by atoms with van der Waals surface area (Å²) in [5, 5.41) is 3.45. The number of amides is 1. The number of anilines is 1. The highest BCUT2D eigenvalue weighted by Crippen LogP contribution is 2.22. The Labute approximate surface area is 187 Å². The van der Waals surface area contributed by atoms with E-state index < -0.39 is 23.1 Å². The molecule has 0 unspecified atom stereocenters. The molecule has 32 heavy (non-hydrogen) atoms. The van der Waals surface area contributed by atoms with Crippen LogP contribution in [0.15, 0.2) is 72.8 Å². The van der Waals surface area contributed by atoms with Gasteiger partial charge in [-0.3, -0.25) is 9.69 Å². The van der Waals surface area contributed by atoms with Gasteiger partial charge in [-0.25, -0.2) is 8.78 Å². The lowest BCUT2D eigenvalue weighted by molar-refractivity contribution is 0.0710.